The third-order valence-corrected chi connectivity index (χ3v) is 7.35. The molecule has 7 nitrogen and oxygen atoms in total. The predicted molar refractivity (Wildman–Crippen MR) is 115 cm³/mol. The molecule has 1 aromatic carbocycles. The Morgan fingerprint density at radius 3 is 2.47 bits per heavy atom. The van der Waals surface area contributed by atoms with E-state index in [0.717, 1.165) is 6.07 Å². The number of nitrogens with zero attached hydrogens (tertiary/aromatic N) is 3. The summed E-state index contributed by atoms with van der Waals surface area (Å²) in [7, 11) is -3.72. The summed E-state index contributed by atoms with van der Waals surface area (Å²) in [6.07, 6.45) is -4.73. The van der Waals surface area contributed by atoms with Crippen molar-refractivity contribution in [2.45, 2.75) is 36.9 Å². The Kier molecular flexibility index (Phi) is 8.28. The van der Waals surface area contributed by atoms with Gasteiger partial charge in [0.2, 0.25) is 15.9 Å². The maximum absolute atomic E-state index is 13.2. The van der Waals surface area contributed by atoms with Crippen LogP contribution in [0.1, 0.15) is 30.7 Å². The largest absolute Gasteiger partial charge is 0.417 e. The number of benzene rings is 1. The molecule has 1 N–H and O–H groups in total. The minimum atomic E-state index is -4.73. The van der Waals surface area contributed by atoms with Crippen LogP contribution in [0.4, 0.5) is 18.9 Å². The maximum Gasteiger partial charge on any atom is 0.417 e. The Bertz CT molecular complexity index is 1140. The molecule has 0 saturated heterocycles. The van der Waals surface area contributed by atoms with Gasteiger partial charge in [-0.15, -0.1) is 0 Å². The van der Waals surface area contributed by atoms with Crippen molar-refractivity contribution >= 4 is 33.4 Å². The van der Waals surface area contributed by atoms with Crippen LogP contribution < -0.4 is 5.32 Å². The zero-order valence-electron chi connectivity index (χ0n) is 17.5. The number of hydrogen-bond acceptors (Lipinski definition) is 6. The average molecular weight is 487 g/mol. The third kappa shape index (κ3) is 5.99. The number of carbonyl (C=O) groups excluding carboxylic acids is 1. The first-order chi connectivity index (χ1) is 14.9. The highest BCUT2D eigenvalue weighted by Crippen LogP contribution is 2.35. The molecule has 0 saturated carbocycles. The molecule has 32 heavy (non-hydrogen) atoms. The van der Waals surface area contributed by atoms with Gasteiger partial charge in [0.15, 0.2) is 0 Å². The number of alkyl halides is 3. The minimum absolute atomic E-state index is 0.00795. The Hall–Kier alpha value is -2.62. The highest BCUT2D eigenvalue weighted by molar-refractivity contribution is 8.00. The molecule has 172 valence electrons. The molecular formula is C20H21F3N4O3S2. The molecule has 0 atom stereocenters. The first kappa shape index (κ1) is 25.6. The number of pyridine rings is 1. The van der Waals surface area contributed by atoms with E-state index in [1.54, 1.807) is 13.8 Å². The lowest BCUT2D eigenvalue weighted by Gasteiger charge is -2.18. The van der Waals surface area contributed by atoms with E-state index in [4.69, 9.17) is 0 Å². The van der Waals surface area contributed by atoms with E-state index >= 15 is 0 Å². The molecule has 1 heterocycles. The first-order valence-electron chi connectivity index (χ1n) is 9.45. The number of carbonyl (C=O) groups is 1. The lowest BCUT2D eigenvalue weighted by Crippen LogP contribution is -2.30. The first-order valence-corrected chi connectivity index (χ1v) is 11.9. The second-order valence-electron chi connectivity index (χ2n) is 6.55. The second-order valence-corrected chi connectivity index (χ2v) is 9.46. The van der Waals surface area contributed by atoms with Crippen molar-refractivity contribution < 1.29 is 26.4 Å². The van der Waals surface area contributed by atoms with Gasteiger partial charge in [-0.1, -0.05) is 31.7 Å². The van der Waals surface area contributed by atoms with E-state index in [0.29, 0.717) is 11.8 Å². The lowest BCUT2D eigenvalue weighted by atomic mass is 10.1. The lowest BCUT2D eigenvalue weighted by molar-refractivity contribution is -0.138. The number of halogens is 3. The number of nitriles is 1. The van der Waals surface area contributed by atoms with Crippen LogP contribution in [-0.2, 0) is 21.0 Å². The number of hydrogen-bond donors (Lipinski definition) is 1. The van der Waals surface area contributed by atoms with Crippen LogP contribution in [0.25, 0.3) is 0 Å². The second kappa shape index (κ2) is 10.3. The van der Waals surface area contributed by atoms with Crippen LogP contribution in [0.5, 0.6) is 0 Å². The zero-order chi connectivity index (χ0) is 24.1. The summed E-state index contributed by atoms with van der Waals surface area (Å²) in [5.74, 6) is -0.914. The summed E-state index contributed by atoms with van der Waals surface area (Å²) in [5.41, 5.74) is -1.47. The monoisotopic (exact) mass is 486 g/mol. The van der Waals surface area contributed by atoms with Gasteiger partial charge in [-0.25, -0.2) is 13.4 Å². The third-order valence-electron chi connectivity index (χ3n) is 4.33. The van der Waals surface area contributed by atoms with Crippen LogP contribution in [0, 0.1) is 18.3 Å². The normalized spacial score (nSPS) is 11.9. The standard InChI is InChI=1S/C20H21F3N4O3S2/c1-4-27(5-2)32(29,30)15-8-6-7-14(10-15)26-18(28)12-31-19-16(11-24)17(20(21,22)23)9-13(3)25-19/h6-10H,4-5,12H2,1-3H3,(H,26,28). The Balaban J connectivity index is 2.19. The quantitative estimate of drug-likeness (QED) is 0.565. The van der Waals surface area contributed by atoms with Crippen molar-refractivity contribution in [2.24, 2.45) is 0 Å². The van der Waals surface area contributed by atoms with Crippen molar-refractivity contribution in [2.75, 3.05) is 24.2 Å². The highest BCUT2D eigenvalue weighted by Gasteiger charge is 2.35. The molecule has 0 unspecified atom stereocenters. The van der Waals surface area contributed by atoms with Crippen molar-refractivity contribution in [3.05, 3.63) is 47.2 Å². The smallest absolute Gasteiger partial charge is 0.325 e. The van der Waals surface area contributed by atoms with E-state index in [-0.39, 0.29) is 40.1 Å². The molecule has 0 bridgehead atoms. The summed E-state index contributed by atoms with van der Waals surface area (Å²) in [4.78, 5) is 16.3. The Morgan fingerprint density at radius 2 is 1.91 bits per heavy atom. The number of sulfonamides is 1. The van der Waals surface area contributed by atoms with E-state index in [9.17, 15) is 31.6 Å². The molecule has 2 aromatic rings. The van der Waals surface area contributed by atoms with Crippen molar-refractivity contribution in [3.8, 4) is 6.07 Å². The number of amides is 1. The molecule has 0 fully saturated rings. The van der Waals surface area contributed by atoms with E-state index in [1.165, 1.54) is 41.6 Å². The SMILES string of the molecule is CCN(CC)S(=O)(=O)c1cccc(NC(=O)CSc2nc(C)cc(C(F)(F)F)c2C#N)c1. The summed E-state index contributed by atoms with van der Waals surface area (Å²) in [6, 6.07) is 7.99. The van der Waals surface area contributed by atoms with Gasteiger partial charge in [0.1, 0.15) is 11.1 Å². The number of anilines is 1. The van der Waals surface area contributed by atoms with Crippen LogP contribution in [0.15, 0.2) is 40.3 Å². The molecule has 12 heteroatoms. The van der Waals surface area contributed by atoms with Gasteiger partial charge in [-0.2, -0.15) is 22.7 Å². The Morgan fingerprint density at radius 1 is 1.25 bits per heavy atom. The predicted octanol–water partition coefficient (Wildman–Crippen LogP) is 4.04. The topological polar surface area (TPSA) is 103 Å². The summed E-state index contributed by atoms with van der Waals surface area (Å²) < 4.78 is 66.2. The maximum atomic E-state index is 13.2. The van der Waals surface area contributed by atoms with Gasteiger partial charge in [0.25, 0.3) is 0 Å². The molecule has 2 rings (SSSR count). The number of aryl methyl sites for hydroxylation is 1. The van der Waals surface area contributed by atoms with Crippen LogP contribution >= 0.6 is 11.8 Å². The fourth-order valence-corrected chi connectivity index (χ4v) is 5.21. The molecule has 0 aliphatic rings. The summed E-state index contributed by atoms with van der Waals surface area (Å²) in [6.45, 7) is 5.36. The van der Waals surface area contributed by atoms with Crippen molar-refractivity contribution in [1.29, 1.82) is 5.26 Å². The molecule has 0 aliphatic heterocycles. The summed E-state index contributed by atoms with van der Waals surface area (Å²) >= 11 is 0.693. The fraction of sp³-hybridized carbons (Fsp3) is 0.350. The number of thioether (sulfide) groups is 1. The van der Waals surface area contributed by atoms with Gasteiger partial charge >= 0.3 is 6.18 Å². The van der Waals surface area contributed by atoms with E-state index in [1.807, 2.05) is 0 Å². The van der Waals surface area contributed by atoms with Crippen LogP contribution in [0.3, 0.4) is 0 Å². The number of aromatic nitrogens is 1. The number of nitrogens with one attached hydrogen (secondary N) is 1. The van der Waals surface area contributed by atoms with Gasteiger partial charge in [0, 0.05) is 24.5 Å². The average Bonchev–Trinajstić information content (AvgIpc) is 2.72. The molecule has 1 amide bonds. The molecular weight excluding hydrogens is 465 g/mol. The molecule has 0 radical (unpaired) electrons. The van der Waals surface area contributed by atoms with Crippen LogP contribution in [0.2, 0.25) is 0 Å². The van der Waals surface area contributed by atoms with Crippen molar-refractivity contribution in [3.63, 3.8) is 0 Å². The van der Waals surface area contributed by atoms with E-state index < -0.39 is 33.2 Å². The minimum Gasteiger partial charge on any atom is -0.325 e. The van der Waals surface area contributed by atoms with Gasteiger partial charge in [0.05, 0.1) is 21.8 Å². The van der Waals surface area contributed by atoms with Gasteiger partial charge in [-0.3, -0.25) is 4.79 Å². The summed E-state index contributed by atoms with van der Waals surface area (Å²) in [5, 5.41) is 11.5. The fourth-order valence-electron chi connectivity index (χ4n) is 2.86. The number of rotatable bonds is 8. The Labute approximate surface area is 188 Å². The molecule has 0 spiro atoms. The van der Waals surface area contributed by atoms with Gasteiger partial charge in [-0.05, 0) is 31.2 Å². The van der Waals surface area contributed by atoms with E-state index in [2.05, 4.69) is 10.3 Å². The van der Waals surface area contributed by atoms with Gasteiger partial charge < -0.3 is 5.32 Å². The molecule has 1 aromatic heterocycles. The zero-order valence-corrected chi connectivity index (χ0v) is 19.2. The highest BCUT2D eigenvalue weighted by atomic mass is 32.2. The molecule has 0 aliphatic carbocycles. The van der Waals surface area contributed by atoms with Crippen LogP contribution in [-0.4, -0.2) is 42.5 Å². The van der Waals surface area contributed by atoms with Crippen molar-refractivity contribution in [1.82, 2.24) is 9.29 Å².